The first kappa shape index (κ1) is 31.4. The molecule has 0 amide bonds. The molecule has 2 N–H and O–H groups in total. The first-order chi connectivity index (χ1) is 19.7. The van der Waals surface area contributed by atoms with Crippen molar-refractivity contribution in [2.75, 3.05) is 12.4 Å². The SMILES string of the molecule is O=C(CS(=O)(=O)O)OC1C2CC3C(C1OS3(=O)=O)C2C1C2CC3CC(C2)CC1(C(=O)OCCC(F)C(F)(F)S(=O)(=O)O)C3. The summed E-state index contributed by atoms with van der Waals surface area (Å²) in [5, 5.41) is -6.04. The summed E-state index contributed by atoms with van der Waals surface area (Å²) in [4.78, 5) is 26.2. The van der Waals surface area contributed by atoms with Crippen molar-refractivity contribution >= 4 is 42.3 Å². The van der Waals surface area contributed by atoms with Crippen LogP contribution in [-0.4, -0.2) is 87.5 Å². The van der Waals surface area contributed by atoms with Gasteiger partial charge in [-0.25, -0.2) is 4.39 Å². The zero-order chi connectivity index (χ0) is 31.5. The molecule has 7 aliphatic rings. The Labute approximate surface area is 245 Å². The van der Waals surface area contributed by atoms with E-state index in [4.69, 9.17) is 22.8 Å². The third-order valence-electron chi connectivity index (χ3n) is 10.7. The molecule has 1 heterocycles. The van der Waals surface area contributed by atoms with Gasteiger partial charge in [-0.3, -0.25) is 22.9 Å². The zero-order valence-electron chi connectivity index (χ0n) is 22.5. The van der Waals surface area contributed by atoms with Crippen molar-refractivity contribution in [3.63, 3.8) is 0 Å². The van der Waals surface area contributed by atoms with Gasteiger partial charge in [-0.2, -0.15) is 34.0 Å². The maximum atomic E-state index is 14.1. The second-order valence-corrected chi connectivity index (χ2v) is 17.8. The van der Waals surface area contributed by atoms with Gasteiger partial charge < -0.3 is 9.47 Å². The van der Waals surface area contributed by atoms with Crippen LogP contribution in [0.25, 0.3) is 0 Å². The molecule has 0 radical (unpaired) electrons. The van der Waals surface area contributed by atoms with Crippen LogP contribution in [-0.2, 0) is 53.6 Å². The number of carbonyl (C=O) groups is 2. The summed E-state index contributed by atoms with van der Waals surface area (Å²) in [7, 11) is -14.9. The van der Waals surface area contributed by atoms with E-state index in [0.717, 1.165) is 19.3 Å². The molecule has 0 aromatic rings. The fraction of sp³-hybridized carbons (Fsp3) is 0.917. The molecule has 0 aromatic carbocycles. The van der Waals surface area contributed by atoms with E-state index >= 15 is 0 Å². The van der Waals surface area contributed by atoms with Gasteiger partial charge in [-0.15, -0.1) is 0 Å². The van der Waals surface area contributed by atoms with Crippen molar-refractivity contribution in [2.45, 2.75) is 73.8 Å². The molecule has 10 unspecified atom stereocenters. The van der Waals surface area contributed by atoms with Crippen LogP contribution in [0.3, 0.4) is 0 Å². The highest BCUT2D eigenvalue weighted by molar-refractivity contribution is 7.87. The average Bonchev–Trinajstić information content (AvgIpc) is 3.41. The minimum atomic E-state index is -6.05. The third kappa shape index (κ3) is 4.99. The molecule has 19 heteroatoms. The van der Waals surface area contributed by atoms with Gasteiger partial charge in [0.05, 0.1) is 17.3 Å². The van der Waals surface area contributed by atoms with Crippen molar-refractivity contribution in [3.8, 4) is 0 Å². The number of halogens is 3. The fourth-order valence-corrected chi connectivity index (χ4v) is 12.5. The second-order valence-electron chi connectivity index (χ2n) is 13.0. The lowest BCUT2D eigenvalue weighted by atomic mass is 9.42. The maximum Gasteiger partial charge on any atom is 0.400 e. The van der Waals surface area contributed by atoms with Crippen LogP contribution in [0.15, 0.2) is 0 Å². The van der Waals surface area contributed by atoms with E-state index in [1.165, 1.54) is 0 Å². The van der Waals surface area contributed by atoms with E-state index in [1.54, 1.807) is 0 Å². The molecule has 6 bridgehead atoms. The molecule has 10 atom stereocenters. The number of esters is 2. The number of hydrogen-bond donors (Lipinski definition) is 2. The van der Waals surface area contributed by atoms with Crippen molar-refractivity contribution in [1.82, 2.24) is 0 Å². The predicted octanol–water partition coefficient (Wildman–Crippen LogP) is 1.34. The Morgan fingerprint density at radius 2 is 1.65 bits per heavy atom. The Morgan fingerprint density at radius 3 is 2.23 bits per heavy atom. The summed E-state index contributed by atoms with van der Waals surface area (Å²) in [5.41, 5.74) is -1.19. The van der Waals surface area contributed by atoms with E-state index in [-0.39, 0.29) is 24.2 Å². The Balaban J connectivity index is 1.27. The van der Waals surface area contributed by atoms with Gasteiger partial charge in [0, 0.05) is 18.3 Å². The molecule has 13 nitrogen and oxygen atoms in total. The number of rotatable bonds is 10. The minimum absolute atomic E-state index is 0.0352. The van der Waals surface area contributed by atoms with Crippen molar-refractivity contribution < 1.29 is 70.8 Å². The highest BCUT2D eigenvalue weighted by atomic mass is 32.2. The largest absolute Gasteiger partial charge is 0.465 e. The van der Waals surface area contributed by atoms with Gasteiger partial charge in [0.1, 0.15) is 12.2 Å². The number of alkyl halides is 3. The smallest absolute Gasteiger partial charge is 0.400 e. The highest BCUT2D eigenvalue weighted by Crippen LogP contribution is 2.71. The minimum Gasteiger partial charge on any atom is -0.465 e. The van der Waals surface area contributed by atoms with Gasteiger partial charge >= 0.3 is 27.3 Å². The normalized spacial score (nSPS) is 43.1. The summed E-state index contributed by atoms with van der Waals surface area (Å²) in [6.07, 6.45) is -3.72. The van der Waals surface area contributed by atoms with Crippen LogP contribution in [0.4, 0.5) is 13.2 Å². The average molecular weight is 681 g/mol. The van der Waals surface area contributed by atoms with E-state index in [9.17, 15) is 48.0 Å². The lowest BCUT2D eigenvalue weighted by Crippen LogP contribution is -2.59. The van der Waals surface area contributed by atoms with E-state index in [0.29, 0.717) is 12.8 Å². The number of fused-ring (bicyclic) bond motifs is 2. The van der Waals surface area contributed by atoms with Crippen molar-refractivity contribution in [1.29, 1.82) is 0 Å². The van der Waals surface area contributed by atoms with Crippen LogP contribution >= 0.6 is 0 Å². The number of hydrogen-bond acceptors (Lipinski definition) is 11. The number of carbonyl (C=O) groups excluding carboxylic acids is 2. The highest BCUT2D eigenvalue weighted by Gasteiger charge is 2.75. The first-order valence-electron chi connectivity index (χ1n) is 14.0. The van der Waals surface area contributed by atoms with Gasteiger partial charge in [-0.1, -0.05) is 0 Å². The number of ether oxygens (including phenoxy) is 2. The Kier molecular flexibility index (Phi) is 7.30. The van der Waals surface area contributed by atoms with Gasteiger partial charge in [0.2, 0.25) is 0 Å². The molecule has 244 valence electrons. The van der Waals surface area contributed by atoms with Crippen molar-refractivity contribution in [2.24, 2.45) is 46.8 Å². The van der Waals surface area contributed by atoms with Crippen LogP contribution < -0.4 is 0 Å². The van der Waals surface area contributed by atoms with Gasteiger partial charge in [0.25, 0.3) is 20.2 Å². The summed E-state index contributed by atoms with van der Waals surface area (Å²) in [6, 6.07) is 0. The summed E-state index contributed by atoms with van der Waals surface area (Å²) in [5.74, 6) is -5.52. The summed E-state index contributed by atoms with van der Waals surface area (Å²) >= 11 is 0. The van der Waals surface area contributed by atoms with Crippen LogP contribution in [0.5, 0.6) is 0 Å². The van der Waals surface area contributed by atoms with Gasteiger partial charge in [0.15, 0.2) is 11.9 Å². The molecule has 7 fully saturated rings. The van der Waals surface area contributed by atoms with E-state index < -0.39 is 119 Å². The second kappa shape index (κ2) is 9.98. The third-order valence-corrected chi connectivity index (χ3v) is 14.0. The maximum absolute atomic E-state index is 14.1. The molecular formula is C24H31F3O13S3. The molecule has 43 heavy (non-hydrogen) atoms. The molecule has 0 spiro atoms. The predicted molar refractivity (Wildman–Crippen MR) is 135 cm³/mol. The topological polar surface area (TPSA) is 205 Å². The Bertz CT molecular complexity index is 1520. The molecular weight excluding hydrogens is 649 g/mol. The standard InChI is InChI=1S/C24H31F3O13S3/c25-15(24(26,27)43(35,36)37)1-2-38-22(29)23-7-10-3-11(8-23)5-12(4-10)19(23)17-13-6-14-18(17)21(40-42(14,33)34)20(13)39-16(28)9-41(30,31)32/h10-15,17-21H,1-9H2,(H,30,31,32)(H,35,36,37). The van der Waals surface area contributed by atoms with Crippen LogP contribution in [0, 0.1) is 46.8 Å². The fourth-order valence-electron chi connectivity index (χ4n) is 9.81. The van der Waals surface area contributed by atoms with Crippen LogP contribution in [0.1, 0.15) is 44.9 Å². The van der Waals surface area contributed by atoms with E-state index in [1.807, 2.05) is 0 Å². The van der Waals surface area contributed by atoms with Crippen LogP contribution in [0.2, 0.25) is 0 Å². The molecule has 6 saturated carbocycles. The lowest BCUT2D eigenvalue weighted by Gasteiger charge is -2.61. The lowest BCUT2D eigenvalue weighted by molar-refractivity contribution is -0.194. The Hall–Kier alpha value is -1.54. The quantitative estimate of drug-likeness (QED) is 0.190. The molecule has 0 aromatic heterocycles. The van der Waals surface area contributed by atoms with Gasteiger partial charge in [-0.05, 0) is 68.1 Å². The Morgan fingerprint density at radius 1 is 1.02 bits per heavy atom. The summed E-state index contributed by atoms with van der Waals surface area (Å²) < 4.78 is 145. The first-order valence-corrected chi connectivity index (χ1v) is 18.5. The van der Waals surface area contributed by atoms with E-state index in [2.05, 4.69) is 0 Å². The zero-order valence-corrected chi connectivity index (χ0v) is 24.9. The van der Waals surface area contributed by atoms with Crippen molar-refractivity contribution in [3.05, 3.63) is 0 Å². The summed E-state index contributed by atoms with van der Waals surface area (Å²) in [6.45, 7) is -0.893. The molecule has 1 saturated heterocycles. The molecule has 6 aliphatic carbocycles. The monoisotopic (exact) mass is 680 g/mol. The molecule has 1 aliphatic heterocycles. The molecule has 7 rings (SSSR count).